The number of aliphatic hydroxyl groups is 1. The lowest BCUT2D eigenvalue weighted by Gasteiger charge is -2.29. The third kappa shape index (κ3) is 2.35. The second-order valence-corrected chi connectivity index (χ2v) is 4.90. The Morgan fingerprint density at radius 2 is 2.00 bits per heavy atom. The van der Waals surface area contributed by atoms with Crippen LogP contribution in [0.2, 0.25) is 5.02 Å². The fraction of sp³-hybridized carbons (Fsp3) is 0.538. The highest BCUT2D eigenvalue weighted by Crippen LogP contribution is 2.35. The van der Waals surface area contributed by atoms with Crippen molar-refractivity contribution in [2.24, 2.45) is 0 Å². The Hall–Kier alpha value is -0.530. The Bertz CT molecular complexity index is 348. The molecule has 0 amide bonds. The van der Waals surface area contributed by atoms with E-state index < -0.39 is 0 Å². The van der Waals surface area contributed by atoms with E-state index in [0.29, 0.717) is 0 Å². The van der Waals surface area contributed by atoms with E-state index in [9.17, 15) is 5.11 Å². The van der Waals surface area contributed by atoms with Crippen LogP contribution in [0.4, 0.5) is 0 Å². The van der Waals surface area contributed by atoms with Gasteiger partial charge in [-0.3, -0.25) is 0 Å². The predicted octanol–water partition coefficient (Wildman–Crippen LogP) is 3.67. The molecule has 1 aromatic rings. The second-order valence-electron chi connectivity index (χ2n) is 4.46. The minimum absolute atomic E-state index is 0.184. The summed E-state index contributed by atoms with van der Waals surface area (Å²) in [4.78, 5) is 0. The van der Waals surface area contributed by atoms with Gasteiger partial charge in [-0.05, 0) is 43.0 Å². The van der Waals surface area contributed by atoms with Crippen LogP contribution in [-0.4, -0.2) is 11.2 Å². The van der Waals surface area contributed by atoms with Crippen LogP contribution in [0.1, 0.15) is 42.7 Å². The lowest BCUT2D eigenvalue weighted by atomic mass is 9.80. The standard InChI is InChI=1S/C13H17ClO/c1-9-6-7-10(14)8-12(9)11-4-2-3-5-13(11)15/h6-8,11,13,15H,2-5H2,1H3/t11-,13+/m1/s1. The summed E-state index contributed by atoms with van der Waals surface area (Å²) in [5.74, 6) is 0.289. The third-order valence-electron chi connectivity index (χ3n) is 3.37. The molecule has 0 spiro atoms. The number of hydrogen-bond donors (Lipinski definition) is 1. The fourth-order valence-corrected chi connectivity index (χ4v) is 2.67. The van der Waals surface area contributed by atoms with Crippen LogP contribution in [-0.2, 0) is 0 Å². The zero-order valence-corrected chi connectivity index (χ0v) is 9.80. The van der Waals surface area contributed by atoms with Gasteiger partial charge in [0.05, 0.1) is 6.10 Å². The van der Waals surface area contributed by atoms with Crippen molar-refractivity contribution in [3.8, 4) is 0 Å². The van der Waals surface area contributed by atoms with Crippen molar-refractivity contribution in [2.45, 2.75) is 44.6 Å². The normalized spacial score (nSPS) is 26.6. The number of hydrogen-bond acceptors (Lipinski definition) is 1. The molecule has 1 nitrogen and oxygen atoms in total. The van der Waals surface area contributed by atoms with Crippen LogP contribution in [0.15, 0.2) is 18.2 Å². The lowest BCUT2D eigenvalue weighted by Crippen LogP contribution is -2.23. The summed E-state index contributed by atoms with van der Waals surface area (Å²) >= 11 is 6.00. The summed E-state index contributed by atoms with van der Waals surface area (Å²) in [6.07, 6.45) is 4.19. The Kier molecular flexibility index (Phi) is 3.32. The van der Waals surface area contributed by atoms with E-state index in [0.717, 1.165) is 24.3 Å². The van der Waals surface area contributed by atoms with Crippen molar-refractivity contribution in [1.29, 1.82) is 0 Å². The molecule has 2 heteroatoms. The van der Waals surface area contributed by atoms with Gasteiger partial charge in [-0.25, -0.2) is 0 Å². The van der Waals surface area contributed by atoms with Crippen molar-refractivity contribution in [3.63, 3.8) is 0 Å². The molecule has 1 aliphatic carbocycles. The first kappa shape index (κ1) is 11.0. The van der Waals surface area contributed by atoms with E-state index in [1.54, 1.807) is 0 Å². The Morgan fingerprint density at radius 1 is 1.27 bits per heavy atom. The molecule has 0 unspecified atom stereocenters. The summed E-state index contributed by atoms with van der Waals surface area (Å²) in [7, 11) is 0. The number of aryl methyl sites for hydroxylation is 1. The number of rotatable bonds is 1. The summed E-state index contributed by atoms with van der Waals surface area (Å²) in [6.45, 7) is 2.09. The van der Waals surface area contributed by atoms with Gasteiger partial charge >= 0.3 is 0 Å². The molecule has 1 aliphatic rings. The van der Waals surface area contributed by atoms with Crippen LogP contribution in [0.5, 0.6) is 0 Å². The molecular weight excluding hydrogens is 208 g/mol. The highest BCUT2D eigenvalue weighted by Gasteiger charge is 2.25. The second kappa shape index (κ2) is 4.54. The van der Waals surface area contributed by atoms with E-state index in [-0.39, 0.29) is 12.0 Å². The van der Waals surface area contributed by atoms with Gasteiger partial charge < -0.3 is 5.11 Å². The lowest BCUT2D eigenvalue weighted by molar-refractivity contribution is 0.106. The molecule has 15 heavy (non-hydrogen) atoms. The van der Waals surface area contributed by atoms with E-state index in [1.807, 2.05) is 18.2 Å². The Morgan fingerprint density at radius 3 is 2.73 bits per heavy atom. The minimum Gasteiger partial charge on any atom is -0.392 e. The number of benzene rings is 1. The van der Waals surface area contributed by atoms with Crippen molar-refractivity contribution < 1.29 is 5.11 Å². The SMILES string of the molecule is Cc1ccc(Cl)cc1[C@H]1CCCC[C@@H]1O. The largest absolute Gasteiger partial charge is 0.392 e. The molecule has 0 aliphatic heterocycles. The zero-order chi connectivity index (χ0) is 10.8. The minimum atomic E-state index is -0.184. The van der Waals surface area contributed by atoms with E-state index >= 15 is 0 Å². The molecule has 1 aromatic carbocycles. The molecule has 0 saturated heterocycles. The van der Waals surface area contributed by atoms with Gasteiger partial charge in [0.1, 0.15) is 0 Å². The Balaban J connectivity index is 2.30. The predicted molar refractivity (Wildman–Crippen MR) is 63.4 cm³/mol. The summed E-state index contributed by atoms with van der Waals surface area (Å²) in [5, 5.41) is 10.8. The van der Waals surface area contributed by atoms with Crippen molar-refractivity contribution in [2.75, 3.05) is 0 Å². The average molecular weight is 225 g/mol. The molecule has 82 valence electrons. The van der Waals surface area contributed by atoms with E-state index in [4.69, 9.17) is 11.6 Å². The zero-order valence-electron chi connectivity index (χ0n) is 9.04. The van der Waals surface area contributed by atoms with Crippen LogP contribution in [0, 0.1) is 6.92 Å². The maximum absolute atomic E-state index is 9.99. The highest BCUT2D eigenvalue weighted by atomic mass is 35.5. The summed E-state index contributed by atoms with van der Waals surface area (Å²) in [5.41, 5.74) is 2.47. The average Bonchev–Trinajstić information content (AvgIpc) is 2.23. The van der Waals surface area contributed by atoms with Gasteiger partial charge in [-0.1, -0.05) is 30.5 Å². The summed E-state index contributed by atoms with van der Waals surface area (Å²) < 4.78 is 0. The fourth-order valence-electron chi connectivity index (χ4n) is 2.48. The van der Waals surface area contributed by atoms with E-state index in [1.165, 1.54) is 17.5 Å². The van der Waals surface area contributed by atoms with Crippen LogP contribution < -0.4 is 0 Å². The van der Waals surface area contributed by atoms with Crippen molar-refractivity contribution in [3.05, 3.63) is 34.3 Å². The number of aliphatic hydroxyl groups excluding tert-OH is 1. The molecule has 0 radical (unpaired) electrons. The van der Waals surface area contributed by atoms with Gasteiger partial charge in [0.15, 0.2) is 0 Å². The first-order valence-corrected chi connectivity index (χ1v) is 6.00. The van der Waals surface area contributed by atoms with Crippen LogP contribution in [0.3, 0.4) is 0 Å². The van der Waals surface area contributed by atoms with Crippen LogP contribution in [0.25, 0.3) is 0 Å². The topological polar surface area (TPSA) is 20.2 Å². The first-order chi connectivity index (χ1) is 7.18. The molecule has 0 heterocycles. The van der Waals surface area contributed by atoms with E-state index in [2.05, 4.69) is 6.92 Å². The van der Waals surface area contributed by atoms with Gasteiger partial charge in [0.2, 0.25) is 0 Å². The molecule has 2 rings (SSSR count). The van der Waals surface area contributed by atoms with Gasteiger partial charge in [-0.2, -0.15) is 0 Å². The quantitative estimate of drug-likeness (QED) is 0.772. The van der Waals surface area contributed by atoms with Crippen molar-refractivity contribution >= 4 is 11.6 Å². The third-order valence-corrected chi connectivity index (χ3v) is 3.61. The smallest absolute Gasteiger partial charge is 0.0608 e. The molecule has 1 N–H and O–H groups in total. The first-order valence-electron chi connectivity index (χ1n) is 5.62. The monoisotopic (exact) mass is 224 g/mol. The summed E-state index contributed by atoms with van der Waals surface area (Å²) in [6, 6.07) is 5.96. The van der Waals surface area contributed by atoms with Crippen LogP contribution >= 0.6 is 11.6 Å². The highest BCUT2D eigenvalue weighted by molar-refractivity contribution is 6.30. The molecular formula is C13H17ClO. The van der Waals surface area contributed by atoms with Gasteiger partial charge in [0.25, 0.3) is 0 Å². The molecule has 1 saturated carbocycles. The maximum atomic E-state index is 9.99. The van der Waals surface area contributed by atoms with Crippen molar-refractivity contribution in [1.82, 2.24) is 0 Å². The Labute approximate surface area is 96.1 Å². The van der Waals surface area contributed by atoms with Gasteiger partial charge in [0, 0.05) is 10.9 Å². The van der Waals surface area contributed by atoms with Gasteiger partial charge in [-0.15, -0.1) is 0 Å². The molecule has 2 atom stereocenters. The maximum Gasteiger partial charge on any atom is 0.0608 e. The molecule has 0 bridgehead atoms. The molecule has 1 fully saturated rings. The number of halogens is 1. The molecule has 0 aromatic heterocycles.